The Balaban J connectivity index is 1.46. The molecule has 1 aliphatic heterocycles. The summed E-state index contributed by atoms with van der Waals surface area (Å²) >= 11 is 0. The number of nitrogens with two attached hydrogens (primary N) is 1. The third-order valence-electron chi connectivity index (χ3n) is 4.18. The highest BCUT2D eigenvalue weighted by molar-refractivity contribution is 5.77. The molecule has 0 unspecified atom stereocenters. The van der Waals surface area contributed by atoms with Gasteiger partial charge in [-0.25, -0.2) is 0 Å². The minimum atomic E-state index is -0.0532. The van der Waals surface area contributed by atoms with Gasteiger partial charge in [0.2, 0.25) is 5.91 Å². The van der Waals surface area contributed by atoms with Crippen molar-refractivity contribution in [2.75, 3.05) is 13.1 Å². The highest BCUT2D eigenvalue weighted by Crippen LogP contribution is 2.43. The van der Waals surface area contributed by atoms with E-state index in [2.05, 4.69) is 12.1 Å². The lowest BCUT2D eigenvalue weighted by molar-refractivity contribution is -0.139. The van der Waals surface area contributed by atoms with Gasteiger partial charge in [-0.2, -0.15) is 0 Å². The maximum atomic E-state index is 12.0. The number of benzene rings is 1. The molecule has 1 saturated carbocycles. The van der Waals surface area contributed by atoms with Crippen molar-refractivity contribution in [2.24, 2.45) is 11.7 Å². The largest absolute Gasteiger partial charge is 0.339 e. The molecule has 0 spiro atoms. The van der Waals surface area contributed by atoms with E-state index in [-0.39, 0.29) is 11.4 Å². The molecular formula is C15H20N2O. The summed E-state index contributed by atoms with van der Waals surface area (Å²) in [4.78, 5) is 13.9. The number of amides is 1. The van der Waals surface area contributed by atoms with Gasteiger partial charge in [0, 0.05) is 19.5 Å². The molecule has 1 saturated heterocycles. The fourth-order valence-electron chi connectivity index (χ4n) is 2.81. The zero-order chi connectivity index (χ0) is 12.6. The molecule has 0 atom stereocenters. The lowest BCUT2D eigenvalue weighted by atomic mass is 9.85. The van der Waals surface area contributed by atoms with Crippen LogP contribution >= 0.6 is 0 Å². The summed E-state index contributed by atoms with van der Waals surface area (Å²) in [7, 11) is 0. The normalized spacial score (nSPS) is 21.5. The van der Waals surface area contributed by atoms with Crippen molar-refractivity contribution in [3.8, 4) is 0 Å². The van der Waals surface area contributed by atoms with Crippen LogP contribution in [0.4, 0.5) is 0 Å². The van der Waals surface area contributed by atoms with Crippen LogP contribution in [0.5, 0.6) is 0 Å². The summed E-state index contributed by atoms with van der Waals surface area (Å²) in [5.74, 6) is 0.927. The Kier molecular flexibility index (Phi) is 2.86. The average molecular weight is 244 g/mol. The topological polar surface area (TPSA) is 46.3 Å². The SMILES string of the molecule is NC1(C2CC2)CN(C(=O)CCc2ccccc2)C1. The molecule has 0 radical (unpaired) electrons. The van der Waals surface area contributed by atoms with E-state index < -0.39 is 0 Å². The highest BCUT2D eigenvalue weighted by Gasteiger charge is 2.51. The Morgan fingerprint density at radius 3 is 2.56 bits per heavy atom. The number of carbonyl (C=O) groups excluding carboxylic acids is 1. The van der Waals surface area contributed by atoms with Gasteiger partial charge in [-0.05, 0) is 30.7 Å². The number of rotatable bonds is 4. The zero-order valence-corrected chi connectivity index (χ0v) is 10.6. The second-order valence-corrected chi connectivity index (χ2v) is 5.74. The predicted octanol–water partition coefficient (Wildman–Crippen LogP) is 1.57. The van der Waals surface area contributed by atoms with Crippen molar-refractivity contribution in [1.82, 2.24) is 4.90 Å². The molecule has 2 aliphatic rings. The number of aryl methyl sites for hydroxylation is 1. The van der Waals surface area contributed by atoms with Crippen molar-refractivity contribution < 1.29 is 4.79 Å². The van der Waals surface area contributed by atoms with Crippen molar-refractivity contribution in [1.29, 1.82) is 0 Å². The van der Waals surface area contributed by atoms with Crippen LogP contribution in [0.25, 0.3) is 0 Å². The van der Waals surface area contributed by atoms with E-state index in [0.717, 1.165) is 19.5 Å². The summed E-state index contributed by atoms with van der Waals surface area (Å²) in [6.07, 6.45) is 3.94. The average Bonchev–Trinajstić information content (AvgIpc) is 3.18. The van der Waals surface area contributed by atoms with E-state index >= 15 is 0 Å². The molecule has 3 nitrogen and oxygen atoms in total. The van der Waals surface area contributed by atoms with Crippen molar-refractivity contribution in [3.05, 3.63) is 35.9 Å². The summed E-state index contributed by atoms with van der Waals surface area (Å²) in [6.45, 7) is 1.54. The Morgan fingerprint density at radius 1 is 1.28 bits per heavy atom. The number of hydrogen-bond donors (Lipinski definition) is 1. The Morgan fingerprint density at radius 2 is 1.94 bits per heavy atom. The quantitative estimate of drug-likeness (QED) is 0.874. The van der Waals surface area contributed by atoms with Crippen LogP contribution in [0.3, 0.4) is 0 Å². The molecule has 2 N–H and O–H groups in total. The molecule has 2 fully saturated rings. The van der Waals surface area contributed by atoms with E-state index in [4.69, 9.17) is 5.73 Å². The zero-order valence-electron chi connectivity index (χ0n) is 10.6. The third-order valence-corrected chi connectivity index (χ3v) is 4.18. The second kappa shape index (κ2) is 4.39. The number of nitrogens with zero attached hydrogens (tertiary/aromatic N) is 1. The molecule has 3 rings (SSSR count). The molecule has 1 amide bonds. The van der Waals surface area contributed by atoms with Gasteiger partial charge in [-0.3, -0.25) is 4.79 Å². The van der Waals surface area contributed by atoms with Crippen LogP contribution < -0.4 is 5.73 Å². The molecule has 96 valence electrons. The molecule has 3 heteroatoms. The summed E-state index contributed by atoms with van der Waals surface area (Å²) in [5, 5.41) is 0. The molecule has 1 heterocycles. The molecule has 1 aliphatic carbocycles. The first-order chi connectivity index (χ1) is 8.67. The molecule has 0 bridgehead atoms. The van der Waals surface area contributed by atoms with Crippen LogP contribution in [0, 0.1) is 5.92 Å². The van der Waals surface area contributed by atoms with Crippen molar-refractivity contribution >= 4 is 5.91 Å². The van der Waals surface area contributed by atoms with Gasteiger partial charge < -0.3 is 10.6 Å². The van der Waals surface area contributed by atoms with Crippen LogP contribution in [0.2, 0.25) is 0 Å². The summed E-state index contributed by atoms with van der Waals surface area (Å²) < 4.78 is 0. The maximum absolute atomic E-state index is 12.0. The van der Waals surface area contributed by atoms with E-state index in [1.807, 2.05) is 23.1 Å². The van der Waals surface area contributed by atoms with Crippen LogP contribution in [0.15, 0.2) is 30.3 Å². The smallest absolute Gasteiger partial charge is 0.223 e. The van der Waals surface area contributed by atoms with Gasteiger partial charge in [-0.15, -0.1) is 0 Å². The Labute approximate surface area is 108 Å². The van der Waals surface area contributed by atoms with E-state index in [9.17, 15) is 4.79 Å². The third kappa shape index (κ3) is 2.27. The Hall–Kier alpha value is -1.35. The minimum absolute atomic E-state index is 0.0532. The Bertz CT molecular complexity index is 433. The molecule has 1 aromatic rings. The monoisotopic (exact) mass is 244 g/mol. The van der Waals surface area contributed by atoms with Crippen LogP contribution in [0.1, 0.15) is 24.8 Å². The van der Waals surface area contributed by atoms with Gasteiger partial charge in [0.05, 0.1) is 5.54 Å². The van der Waals surface area contributed by atoms with Gasteiger partial charge >= 0.3 is 0 Å². The lowest BCUT2D eigenvalue weighted by Crippen LogP contribution is -2.69. The number of likely N-dealkylation sites (tertiary alicyclic amines) is 1. The fourth-order valence-corrected chi connectivity index (χ4v) is 2.81. The van der Waals surface area contributed by atoms with Gasteiger partial charge in [-0.1, -0.05) is 30.3 Å². The molecular weight excluding hydrogens is 224 g/mol. The van der Waals surface area contributed by atoms with Crippen LogP contribution in [-0.4, -0.2) is 29.4 Å². The second-order valence-electron chi connectivity index (χ2n) is 5.74. The molecule has 18 heavy (non-hydrogen) atoms. The molecule has 0 aromatic heterocycles. The van der Waals surface area contributed by atoms with E-state index in [1.165, 1.54) is 18.4 Å². The predicted molar refractivity (Wildman–Crippen MR) is 71.0 cm³/mol. The minimum Gasteiger partial charge on any atom is -0.339 e. The van der Waals surface area contributed by atoms with Gasteiger partial charge in [0.25, 0.3) is 0 Å². The summed E-state index contributed by atoms with van der Waals surface area (Å²) in [5.41, 5.74) is 7.43. The van der Waals surface area contributed by atoms with Crippen LogP contribution in [-0.2, 0) is 11.2 Å². The standard InChI is InChI=1S/C15H20N2O/c16-15(13-7-8-13)10-17(11-15)14(18)9-6-12-4-2-1-3-5-12/h1-5,13H,6-11,16H2. The van der Waals surface area contributed by atoms with Gasteiger partial charge in [0.1, 0.15) is 0 Å². The van der Waals surface area contributed by atoms with Crippen molar-refractivity contribution in [3.63, 3.8) is 0 Å². The van der Waals surface area contributed by atoms with Gasteiger partial charge in [0.15, 0.2) is 0 Å². The first-order valence-corrected chi connectivity index (χ1v) is 6.78. The lowest BCUT2D eigenvalue weighted by Gasteiger charge is -2.48. The summed E-state index contributed by atoms with van der Waals surface area (Å²) in [6, 6.07) is 10.2. The highest BCUT2D eigenvalue weighted by atomic mass is 16.2. The van der Waals surface area contributed by atoms with E-state index in [0.29, 0.717) is 12.3 Å². The number of hydrogen-bond acceptors (Lipinski definition) is 2. The first kappa shape index (κ1) is 11.7. The maximum Gasteiger partial charge on any atom is 0.223 e. The van der Waals surface area contributed by atoms with Crippen molar-refractivity contribution in [2.45, 2.75) is 31.2 Å². The first-order valence-electron chi connectivity index (χ1n) is 6.78. The van der Waals surface area contributed by atoms with E-state index in [1.54, 1.807) is 0 Å². The fraction of sp³-hybridized carbons (Fsp3) is 0.533. The number of carbonyl (C=O) groups is 1. The molecule has 1 aromatic carbocycles.